The van der Waals surface area contributed by atoms with Crippen molar-refractivity contribution in [2.45, 2.75) is 5.41 Å². The number of benzene rings is 11. The van der Waals surface area contributed by atoms with Crippen LogP contribution in [-0.2, 0) is 5.41 Å². The van der Waals surface area contributed by atoms with Gasteiger partial charge >= 0.3 is 0 Å². The topological polar surface area (TPSA) is 12.5 Å². The van der Waals surface area contributed by atoms with Gasteiger partial charge in [-0.2, -0.15) is 0 Å². The maximum atomic E-state index is 7.23. The summed E-state index contributed by atoms with van der Waals surface area (Å²) in [6.45, 7) is 0. The summed E-state index contributed by atoms with van der Waals surface area (Å²) in [5.41, 5.74) is 17.1. The number of hydrogen-bond acceptors (Lipinski definition) is 2. The van der Waals surface area contributed by atoms with Crippen molar-refractivity contribution in [3.05, 3.63) is 271 Å². The maximum Gasteiger partial charge on any atom is 0.140 e. The number of hydrogen-bond donors (Lipinski definition) is 0. The van der Waals surface area contributed by atoms with Crippen molar-refractivity contribution in [2.75, 3.05) is 4.90 Å². The van der Waals surface area contributed by atoms with E-state index in [-0.39, 0.29) is 0 Å². The van der Waals surface area contributed by atoms with Gasteiger partial charge in [0.2, 0.25) is 0 Å². The Bertz CT molecular complexity index is 3550. The monoisotopic (exact) mass is 827 g/mol. The van der Waals surface area contributed by atoms with E-state index in [4.69, 9.17) is 4.74 Å². The van der Waals surface area contributed by atoms with Gasteiger partial charge in [0, 0.05) is 39.0 Å². The number of nitrogens with zero attached hydrogens (tertiary/aromatic N) is 1. The molecule has 0 saturated carbocycles. The molecule has 65 heavy (non-hydrogen) atoms. The molecule has 0 unspecified atom stereocenters. The van der Waals surface area contributed by atoms with Gasteiger partial charge in [-0.05, 0) is 109 Å². The van der Waals surface area contributed by atoms with Crippen LogP contribution in [0.4, 0.5) is 17.1 Å². The average molecular weight is 828 g/mol. The molecule has 11 aromatic carbocycles. The van der Waals surface area contributed by atoms with Crippen molar-refractivity contribution in [1.29, 1.82) is 0 Å². The van der Waals surface area contributed by atoms with E-state index in [1.54, 1.807) is 0 Å². The summed E-state index contributed by atoms with van der Waals surface area (Å²) in [7, 11) is 0. The number of ether oxygens (including phenoxy) is 1. The highest BCUT2D eigenvalue weighted by molar-refractivity contribution is 6.00. The van der Waals surface area contributed by atoms with E-state index in [1.807, 2.05) is 0 Å². The smallest absolute Gasteiger partial charge is 0.140 e. The molecule has 2 nitrogen and oxygen atoms in total. The lowest BCUT2D eigenvalue weighted by atomic mass is 9.65. The van der Waals surface area contributed by atoms with Gasteiger partial charge in [0.25, 0.3) is 0 Å². The molecule has 1 heterocycles. The first kappa shape index (κ1) is 37.1. The molecule has 0 amide bonds. The summed E-state index contributed by atoms with van der Waals surface area (Å²) < 4.78 is 7.23. The van der Waals surface area contributed by atoms with Gasteiger partial charge in [0.1, 0.15) is 11.5 Å². The third-order valence-electron chi connectivity index (χ3n) is 13.7. The highest BCUT2D eigenvalue weighted by Gasteiger charge is 2.52. The van der Waals surface area contributed by atoms with E-state index in [9.17, 15) is 0 Å². The van der Waals surface area contributed by atoms with E-state index in [2.05, 4.69) is 254 Å². The van der Waals surface area contributed by atoms with Crippen LogP contribution in [0.5, 0.6) is 11.5 Å². The molecule has 0 fully saturated rings. The van der Waals surface area contributed by atoms with Crippen molar-refractivity contribution >= 4 is 38.6 Å². The van der Waals surface area contributed by atoms with Gasteiger partial charge in [-0.3, -0.25) is 0 Å². The fourth-order valence-corrected chi connectivity index (χ4v) is 10.8. The minimum absolute atomic E-state index is 0.624. The molecule has 0 aromatic heterocycles. The fourth-order valence-electron chi connectivity index (χ4n) is 10.8. The van der Waals surface area contributed by atoms with Crippen molar-refractivity contribution in [1.82, 2.24) is 0 Å². The van der Waals surface area contributed by atoms with Gasteiger partial charge in [0.15, 0.2) is 0 Å². The summed E-state index contributed by atoms with van der Waals surface area (Å²) in [6.07, 6.45) is 0. The molecule has 0 atom stereocenters. The molecular weight excluding hydrogens is 787 g/mol. The number of fused-ring (bicyclic) bond motifs is 13. The molecule has 0 N–H and O–H groups in total. The average Bonchev–Trinajstić information content (AvgIpc) is 3.67. The quantitative estimate of drug-likeness (QED) is 0.166. The van der Waals surface area contributed by atoms with E-state index >= 15 is 0 Å². The van der Waals surface area contributed by atoms with Crippen LogP contribution in [0, 0.1) is 0 Å². The van der Waals surface area contributed by atoms with Gasteiger partial charge in [-0.1, -0.05) is 206 Å². The molecule has 0 saturated heterocycles. The van der Waals surface area contributed by atoms with Gasteiger partial charge in [0.05, 0.1) is 5.41 Å². The third-order valence-corrected chi connectivity index (χ3v) is 13.7. The second-order valence-corrected chi connectivity index (χ2v) is 17.2. The number of anilines is 3. The summed E-state index contributed by atoms with van der Waals surface area (Å²) in [4.78, 5) is 2.39. The Morgan fingerprint density at radius 2 is 0.785 bits per heavy atom. The molecule has 1 spiro atoms. The van der Waals surface area contributed by atoms with Crippen molar-refractivity contribution < 1.29 is 4.74 Å². The molecule has 1 aliphatic heterocycles. The lowest BCUT2D eigenvalue weighted by molar-refractivity contribution is 0.447. The predicted octanol–water partition coefficient (Wildman–Crippen LogP) is 16.9. The summed E-state index contributed by atoms with van der Waals surface area (Å²) in [5.74, 6) is 1.85. The highest BCUT2D eigenvalue weighted by Crippen LogP contribution is 2.64. The van der Waals surface area contributed by atoms with Crippen LogP contribution in [0.1, 0.15) is 22.3 Å². The molecule has 13 rings (SSSR count). The highest BCUT2D eigenvalue weighted by atomic mass is 16.5. The van der Waals surface area contributed by atoms with Crippen molar-refractivity contribution in [3.8, 4) is 56.0 Å². The maximum absolute atomic E-state index is 7.23. The lowest BCUT2D eigenvalue weighted by Gasteiger charge is -2.40. The van der Waals surface area contributed by atoms with Crippen LogP contribution >= 0.6 is 0 Å². The molecule has 304 valence electrons. The first-order valence-corrected chi connectivity index (χ1v) is 22.4. The van der Waals surface area contributed by atoms with E-state index in [1.165, 1.54) is 55.6 Å². The third kappa shape index (κ3) is 5.74. The molecular formula is C63H41NO. The number of para-hydroxylation sites is 1. The van der Waals surface area contributed by atoms with Gasteiger partial charge in [-0.15, -0.1) is 0 Å². The van der Waals surface area contributed by atoms with Crippen LogP contribution in [0.15, 0.2) is 249 Å². The zero-order valence-electron chi connectivity index (χ0n) is 35.5. The first-order chi connectivity index (χ1) is 32.2. The standard InChI is InChI=1S/C63H41NO/c1-4-17-42(18-5-1)51-36-34-50(41-56(51)43-19-6-2-7-20-43)64(48-24-8-3-9-25-48)49-26-16-23-46(39-49)47-31-35-55-54-29-14-15-30-57(54)63(60(55)40-47)58-37-32-44-21-10-12-27-52(44)61(58)65-62-53-28-13-11-22-45(53)33-38-59(62)63/h1-41H. The number of rotatable bonds is 6. The lowest BCUT2D eigenvalue weighted by Crippen LogP contribution is -2.32. The zero-order chi connectivity index (χ0) is 42.9. The fraction of sp³-hybridized carbons (Fsp3) is 0.0159. The van der Waals surface area contributed by atoms with Gasteiger partial charge in [-0.25, -0.2) is 0 Å². The minimum atomic E-state index is -0.624. The molecule has 2 aliphatic rings. The van der Waals surface area contributed by atoms with Crippen LogP contribution in [0.3, 0.4) is 0 Å². The van der Waals surface area contributed by atoms with E-state index in [0.717, 1.165) is 61.2 Å². The molecule has 11 aromatic rings. The zero-order valence-corrected chi connectivity index (χ0v) is 35.5. The van der Waals surface area contributed by atoms with Gasteiger partial charge < -0.3 is 9.64 Å². The molecule has 0 radical (unpaired) electrons. The summed E-state index contributed by atoms with van der Waals surface area (Å²) in [6, 6.07) is 90.6. The van der Waals surface area contributed by atoms with Crippen LogP contribution < -0.4 is 9.64 Å². The largest absolute Gasteiger partial charge is 0.455 e. The second-order valence-electron chi connectivity index (χ2n) is 17.2. The summed E-state index contributed by atoms with van der Waals surface area (Å²) in [5, 5.41) is 4.56. The Kier molecular flexibility index (Phi) is 8.47. The Morgan fingerprint density at radius 1 is 0.277 bits per heavy atom. The first-order valence-electron chi connectivity index (χ1n) is 22.4. The normalized spacial score (nSPS) is 12.9. The van der Waals surface area contributed by atoms with Crippen molar-refractivity contribution in [3.63, 3.8) is 0 Å². The van der Waals surface area contributed by atoms with Crippen molar-refractivity contribution in [2.24, 2.45) is 0 Å². The van der Waals surface area contributed by atoms with Crippen LogP contribution in [0.2, 0.25) is 0 Å². The Balaban J connectivity index is 1.02. The minimum Gasteiger partial charge on any atom is -0.455 e. The van der Waals surface area contributed by atoms with Crippen LogP contribution in [0.25, 0.3) is 66.1 Å². The predicted molar refractivity (Wildman–Crippen MR) is 270 cm³/mol. The van der Waals surface area contributed by atoms with E-state index in [0.29, 0.717) is 0 Å². The van der Waals surface area contributed by atoms with Crippen LogP contribution in [-0.4, -0.2) is 0 Å². The Labute approximate surface area is 378 Å². The molecule has 2 heteroatoms. The SMILES string of the molecule is c1ccc(-c2ccc(N(c3ccccc3)c3cccc(-c4ccc5c(c4)C4(c6ccccc6-5)c5ccc6ccccc6c5Oc5c4ccc4ccccc54)c3)cc2-c2ccccc2)cc1. The Hall–Kier alpha value is -8.46. The van der Waals surface area contributed by atoms with E-state index < -0.39 is 5.41 Å². The molecule has 0 bridgehead atoms. The summed E-state index contributed by atoms with van der Waals surface area (Å²) >= 11 is 0. The Morgan fingerprint density at radius 3 is 1.48 bits per heavy atom. The molecule has 1 aliphatic carbocycles. The second kappa shape index (κ2) is 14.8.